The summed E-state index contributed by atoms with van der Waals surface area (Å²) in [6.45, 7) is 3.13. The average molecular weight is 424 g/mol. The van der Waals surface area contributed by atoms with E-state index in [1.54, 1.807) is 86.7 Å². The first-order valence-corrected chi connectivity index (χ1v) is 10.0. The normalized spacial score (nSPS) is 28.5. The van der Waals surface area contributed by atoms with Gasteiger partial charge in [-0.05, 0) is 44.2 Å². The average Bonchev–Trinajstić information content (AvgIpc) is 3.06. The second kappa shape index (κ2) is 8.26. The molecule has 2 aliphatic rings. The molecule has 1 saturated heterocycles. The Labute approximate surface area is 180 Å². The molecule has 31 heavy (non-hydrogen) atoms. The fourth-order valence-electron chi connectivity index (χ4n) is 3.87. The fraction of sp³-hybridized carbons (Fsp3) is 0.333. The number of hydrogen-bond donors (Lipinski definition) is 1. The molecule has 1 fully saturated rings. The van der Waals surface area contributed by atoms with E-state index in [0.29, 0.717) is 11.1 Å². The summed E-state index contributed by atoms with van der Waals surface area (Å²) < 4.78 is 23.0. The van der Waals surface area contributed by atoms with E-state index in [2.05, 4.69) is 0 Å². The van der Waals surface area contributed by atoms with E-state index in [-0.39, 0.29) is 6.61 Å². The summed E-state index contributed by atoms with van der Waals surface area (Å²) in [5, 5.41) is 11.2. The summed E-state index contributed by atoms with van der Waals surface area (Å²) in [6, 6.07) is 17.0. The smallest absolute Gasteiger partial charge is 0.338 e. The lowest BCUT2D eigenvalue weighted by Gasteiger charge is -2.40. The largest absolute Gasteiger partial charge is 0.459 e. The van der Waals surface area contributed by atoms with Crippen molar-refractivity contribution in [2.75, 3.05) is 6.61 Å². The van der Waals surface area contributed by atoms with Crippen LogP contribution >= 0.6 is 0 Å². The molecule has 0 bridgehead atoms. The van der Waals surface area contributed by atoms with Crippen LogP contribution in [-0.2, 0) is 18.9 Å². The third-order valence-corrected chi connectivity index (χ3v) is 5.31. The van der Waals surface area contributed by atoms with Gasteiger partial charge in [0.05, 0.1) is 11.1 Å². The number of aliphatic hydroxyl groups is 1. The first-order valence-electron chi connectivity index (χ1n) is 10.0. The molecular weight excluding hydrogens is 400 g/mol. The zero-order valence-corrected chi connectivity index (χ0v) is 17.3. The Bertz CT molecular complexity index is 970. The first-order chi connectivity index (χ1) is 14.8. The Morgan fingerprint density at radius 3 is 2.13 bits per heavy atom. The quantitative estimate of drug-likeness (QED) is 0.583. The van der Waals surface area contributed by atoms with Gasteiger partial charge in [-0.1, -0.05) is 42.5 Å². The monoisotopic (exact) mass is 424 g/mol. The number of benzene rings is 2. The summed E-state index contributed by atoms with van der Waals surface area (Å²) >= 11 is 0. The zero-order chi connectivity index (χ0) is 22.1. The van der Waals surface area contributed by atoms with Gasteiger partial charge >= 0.3 is 11.9 Å². The first kappa shape index (κ1) is 21.2. The Hall–Kier alpha value is -3.00. The van der Waals surface area contributed by atoms with Gasteiger partial charge < -0.3 is 24.1 Å². The molecule has 0 unspecified atom stereocenters. The van der Waals surface area contributed by atoms with E-state index in [9.17, 15) is 14.7 Å². The topological polar surface area (TPSA) is 91.3 Å². The van der Waals surface area contributed by atoms with E-state index in [0.717, 1.165) is 0 Å². The van der Waals surface area contributed by atoms with Crippen molar-refractivity contribution in [3.63, 3.8) is 0 Å². The summed E-state index contributed by atoms with van der Waals surface area (Å²) in [6.07, 6.45) is 0.226. The number of esters is 2. The van der Waals surface area contributed by atoms with Gasteiger partial charge in [-0.15, -0.1) is 0 Å². The van der Waals surface area contributed by atoms with Gasteiger partial charge in [-0.25, -0.2) is 9.59 Å². The van der Waals surface area contributed by atoms with Gasteiger partial charge in [0.2, 0.25) is 0 Å². The lowest BCUT2D eigenvalue weighted by molar-refractivity contribution is -0.205. The van der Waals surface area contributed by atoms with Gasteiger partial charge in [0.1, 0.15) is 24.9 Å². The highest BCUT2D eigenvalue weighted by Crippen LogP contribution is 2.43. The molecule has 4 atom stereocenters. The zero-order valence-electron chi connectivity index (χ0n) is 17.3. The van der Waals surface area contributed by atoms with E-state index in [1.165, 1.54) is 0 Å². The van der Waals surface area contributed by atoms with Gasteiger partial charge in [-0.2, -0.15) is 0 Å². The summed E-state index contributed by atoms with van der Waals surface area (Å²) in [5.74, 6) is -2.17. The van der Waals surface area contributed by atoms with Crippen molar-refractivity contribution in [2.24, 2.45) is 0 Å². The second-order valence-electron chi connectivity index (χ2n) is 8.00. The molecular formula is C24H24O7. The van der Waals surface area contributed by atoms with Crippen LogP contribution in [0.2, 0.25) is 0 Å². The number of carbonyl (C=O) groups is 2. The predicted molar refractivity (Wildman–Crippen MR) is 110 cm³/mol. The van der Waals surface area contributed by atoms with Gasteiger partial charge in [-0.3, -0.25) is 0 Å². The van der Waals surface area contributed by atoms with Crippen molar-refractivity contribution in [1.29, 1.82) is 0 Å². The Balaban J connectivity index is 1.55. The molecule has 1 N–H and O–H groups in total. The van der Waals surface area contributed by atoms with Gasteiger partial charge in [0.25, 0.3) is 0 Å². The number of aliphatic hydroxyl groups excluding tert-OH is 1. The van der Waals surface area contributed by atoms with Crippen LogP contribution in [0.5, 0.6) is 0 Å². The van der Waals surface area contributed by atoms with Gasteiger partial charge in [0.15, 0.2) is 11.4 Å². The molecule has 162 valence electrons. The van der Waals surface area contributed by atoms with Crippen molar-refractivity contribution in [3.8, 4) is 0 Å². The summed E-state index contributed by atoms with van der Waals surface area (Å²) in [4.78, 5) is 25.0. The molecule has 0 aromatic heterocycles. The molecule has 4 rings (SSSR count). The van der Waals surface area contributed by atoms with Crippen LogP contribution in [0.4, 0.5) is 0 Å². The molecule has 0 radical (unpaired) electrons. The SMILES string of the molecule is CC1(C)O[C@H]2C=C[C@@H](OC(=O)c3ccccc3)[C@H](O)[C@@]2(COC(=O)c2ccccc2)O1. The maximum Gasteiger partial charge on any atom is 0.338 e. The summed E-state index contributed by atoms with van der Waals surface area (Å²) in [7, 11) is 0. The minimum Gasteiger partial charge on any atom is -0.459 e. The highest BCUT2D eigenvalue weighted by Gasteiger charge is 2.61. The van der Waals surface area contributed by atoms with Crippen molar-refractivity contribution in [2.45, 2.75) is 43.5 Å². The van der Waals surface area contributed by atoms with E-state index in [1.807, 2.05) is 0 Å². The molecule has 0 amide bonds. The van der Waals surface area contributed by atoms with Crippen molar-refractivity contribution >= 4 is 11.9 Å². The second-order valence-corrected chi connectivity index (χ2v) is 8.00. The minimum absolute atomic E-state index is 0.278. The Morgan fingerprint density at radius 2 is 1.52 bits per heavy atom. The van der Waals surface area contributed by atoms with Crippen LogP contribution in [0.1, 0.15) is 34.6 Å². The van der Waals surface area contributed by atoms with Crippen LogP contribution in [0.15, 0.2) is 72.8 Å². The van der Waals surface area contributed by atoms with E-state index < -0.39 is 41.6 Å². The molecule has 7 nitrogen and oxygen atoms in total. The molecule has 2 aromatic carbocycles. The number of ether oxygens (including phenoxy) is 4. The molecule has 7 heteroatoms. The van der Waals surface area contributed by atoms with Crippen LogP contribution in [0.3, 0.4) is 0 Å². The van der Waals surface area contributed by atoms with Crippen LogP contribution in [-0.4, -0.2) is 53.4 Å². The minimum atomic E-state index is -1.43. The molecule has 2 aromatic rings. The molecule has 1 aliphatic heterocycles. The van der Waals surface area contributed by atoms with Crippen molar-refractivity contribution in [1.82, 2.24) is 0 Å². The molecule has 0 spiro atoms. The molecule has 1 aliphatic carbocycles. The van der Waals surface area contributed by atoms with Crippen molar-refractivity contribution in [3.05, 3.63) is 83.9 Å². The fourth-order valence-corrected chi connectivity index (χ4v) is 3.87. The number of hydrogen-bond acceptors (Lipinski definition) is 7. The van der Waals surface area contributed by atoms with Crippen LogP contribution < -0.4 is 0 Å². The molecule has 1 heterocycles. The maximum atomic E-state index is 12.5. The van der Waals surface area contributed by atoms with Crippen LogP contribution in [0, 0.1) is 0 Å². The number of rotatable bonds is 5. The maximum absolute atomic E-state index is 12.5. The third-order valence-electron chi connectivity index (χ3n) is 5.31. The highest BCUT2D eigenvalue weighted by molar-refractivity contribution is 5.90. The van der Waals surface area contributed by atoms with Crippen molar-refractivity contribution < 1.29 is 33.6 Å². The molecule has 0 saturated carbocycles. The van der Waals surface area contributed by atoms with E-state index >= 15 is 0 Å². The van der Waals surface area contributed by atoms with Gasteiger partial charge in [0, 0.05) is 0 Å². The Morgan fingerprint density at radius 1 is 0.935 bits per heavy atom. The van der Waals surface area contributed by atoms with Crippen LogP contribution in [0.25, 0.3) is 0 Å². The Kier molecular flexibility index (Phi) is 5.66. The highest BCUT2D eigenvalue weighted by atomic mass is 16.8. The lowest BCUT2D eigenvalue weighted by atomic mass is 9.83. The lowest BCUT2D eigenvalue weighted by Crippen LogP contribution is -2.60. The third kappa shape index (κ3) is 4.25. The summed E-state index contributed by atoms with van der Waals surface area (Å²) in [5.41, 5.74) is -0.690. The van der Waals surface area contributed by atoms with E-state index in [4.69, 9.17) is 18.9 Å². The number of fused-ring (bicyclic) bond motifs is 1. The standard InChI is InChI=1S/C24H24O7/c1-23(2)30-19-14-13-18(29-22(27)17-11-7-4-8-12-17)20(25)24(19,31-23)15-28-21(26)16-9-5-3-6-10-16/h3-14,18-20,25H,15H2,1-2H3/t18-,19+,20+,24+/m1/s1. The number of carbonyl (C=O) groups excluding carboxylic acids is 2. The predicted octanol–water partition coefficient (Wildman–Crippen LogP) is 2.89.